The fourth-order valence-corrected chi connectivity index (χ4v) is 5.03. The highest BCUT2D eigenvalue weighted by atomic mass is 127. The fourth-order valence-electron chi connectivity index (χ4n) is 3.78. The molecule has 0 amide bonds. The first kappa shape index (κ1) is 24.4. The summed E-state index contributed by atoms with van der Waals surface area (Å²) in [6.45, 7) is 7.00. The van der Waals surface area contributed by atoms with E-state index < -0.39 is 0 Å². The van der Waals surface area contributed by atoms with Crippen molar-refractivity contribution in [2.75, 3.05) is 46.4 Å². The van der Waals surface area contributed by atoms with Crippen LogP contribution < -0.4 is 10.6 Å². The molecule has 1 aliphatic carbocycles. The van der Waals surface area contributed by atoms with Gasteiger partial charge in [0, 0.05) is 42.9 Å². The number of halogens is 1. The van der Waals surface area contributed by atoms with Crippen molar-refractivity contribution in [3.63, 3.8) is 0 Å². The Hall–Kier alpha value is -1.23. The number of morpholine rings is 1. The maximum absolute atomic E-state index is 5.97. The summed E-state index contributed by atoms with van der Waals surface area (Å²) in [5.41, 5.74) is 0. The van der Waals surface area contributed by atoms with Crippen molar-refractivity contribution in [3.05, 3.63) is 54.0 Å². The minimum Gasteiger partial charge on any atom is -0.465 e. The molecular weight excluding hydrogens is 523 g/mol. The lowest BCUT2D eigenvalue weighted by Gasteiger charge is -2.33. The zero-order valence-electron chi connectivity index (χ0n) is 18.3. The van der Waals surface area contributed by atoms with Gasteiger partial charge in [-0.15, -0.1) is 35.7 Å². The number of thioether (sulfide) groups is 1. The number of guanidine groups is 1. The average molecular weight is 557 g/mol. The van der Waals surface area contributed by atoms with Crippen molar-refractivity contribution in [2.45, 2.75) is 35.4 Å². The van der Waals surface area contributed by atoms with Crippen LogP contribution in [0.5, 0.6) is 0 Å². The minimum absolute atomic E-state index is 0. The topological polar surface area (TPSA) is 62.0 Å². The smallest absolute Gasteiger partial charge is 0.191 e. The van der Waals surface area contributed by atoms with Crippen LogP contribution in [0.15, 0.2) is 56.8 Å². The van der Waals surface area contributed by atoms with Crippen LogP contribution in [-0.4, -0.2) is 62.0 Å². The largest absolute Gasteiger partial charge is 0.465 e. The summed E-state index contributed by atoms with van der Waals surface area (Å²) in [7, 11) is 1.83. The first-order valence-electron chi connectivity index (χ1n) is 10.7. The maximum Gasteiger partial charge on any atom is 0.191 e. The average Bonchev–Trinajstić information content (AvgIpc) is 3.41. The molecular formula is C23H33IN4O2S. The summed E-state index contributed by atoms with van der Waals surface area (Å²) in [4.78, 5) is 8.21. The molecule has 1 aromatic carbocycles. The molecule has 6 nitrogen and oxygen atoms in total. The van der Waals surface area contributed by atoms with Gasteiger partial charge in [0.05, 0.1) is 19.3 Å². The molecule has 31 heavy (non-hydrogen) atoms. The maximum atomic E-state index is 5.97. The second kappa shape index (κ2) is 11.6. The highest BCUT2D eigenvalue weighted by molar-refractivity contribution is 14.0. The molecule has 8 heteroatoms. The second-order valence-corrected chi connectivity index (χ2v) is 9.56. The van der Waals surface area contributed by atoms with E-state index in [-0.39, 0.29) is 34.8 Å². The van der Waals surface area contributed by atoms with Crippen LogP contribution in [0, 0.1) is 6.92 Å². The molecule has 2 heterocycles. The zero-order valence-corrected chi connectivity index (χ0v) is 21.4. The van der Waals surface area contributed by atoms with E-state index in [1.54, 1.807) is 0 Å². The van der Waals surface area contributed by atoms with Crippen molar-refractivity contribution >= 4 is 41.7 Å². The van der Waals surface area contributed by atoms with E-state index in [0.717, 1.165) is 56.9 Å². The standard InChI is InChI=1S/C23H32N4O2S.HI/c1-18-8-9-21(29-18)20(27-12-14-28-15-13-27)16-25-22(24-2)26-17-23(10-11-23)30-19-6-4-3-5-7-19;/h3-9,20H,10-17H2,1-2H3,(H2,24,25,26);1H. The third-order valence-corrected chi connectivity index (χ3v) is 7.22. The lowest BCUT2D eigenvalue weighted by molar-refractivity contribution is 0.0124. The van der Waals surface area contributed by atoms with E-state index in [1.807, 2.05) is 31.8 Å². The molecule has 1 saturated carbocycles. The summed E-state index contributed by atoms with van der Waals surface area (Å²) in [6.07, 6.45) is 2.47. The Morgan fingerprint density at radius 3 is 2.48 bits per heavy atom. The Labute approximate surface area is 206 Å². The normalized spacial score (nSPS) is 19.4. The van der Waals surface area contributed by atoms with Gasteiger partial charge in [-0.2, -0.15) is 0 Å². The van der Waals surface area contributed by atoms with E-state index in [9.17, 15) is 0 Å². The Kier molecular flexibility index (Phi) is 9.12. The zero-order chi connectivity index (χ0) is 20.8. The van der Waals surface area contributed by atoms with E-state index in [1.165, 1.54) is 17.7 Å². The minimum atomic E-state index is 0. The van der Waals surface area contributed by atoms with Gasteiger partial charge in [0.25, 0.3) is 0 Å². The van der Waals surface area contributed by atoms with Gasteiger partial charge in [-0.3, -0.25) is 9.89 Å². The van der Waals surface area contributed by atoms with Crippen LogP contribution in [0.1, 0.15) is 30.4 Å². The molecule has 0 bridgehead atoms. The number of aryl methyl sites for hydroxylation is 1. The fraction of sp³-hybridized carbons (Fsp3) is 0.522. The van der Waals surface area contributed by atoms with Gasteiger partial charge in [-0.1, -0.05) is 18.2 Å². The van der Waals surface area contributed by atoms with Crippen LogP contribution in [0.25, 0.3) is 0 Å². The van der Waals surface area contributed by atoms with Gasteiger partial charge in [-0.05, 0) is 44.0 Å². The van der Waals surface area contributed by atoms with E-state index in [4.69, 9.17) is 9.15 Å². The molecule has 1 atom stereocenters. The molecule has 2 fully saturated rings. The van der Waals surface area contributed by atoms with E-state index >= 15 is 0 Å². The second-order valence-electron chi connectivity index (χ2n) is 8.02. The summed E-state index contributed by atoms with van der Waals surface area (Å²) in [5.74, 6) is 2.78. The number of hydrogen-bond acceptors (Lipinski definition) is 5. The molecule has 4 rings (SSSR count). The number of furan rings is 1. The number of nitrogens with one attached hydrogen (secondary N) is 2. The quantitative estimate of drug-likeness (QED) is 0.291. The van der Waals surface area contributed by atoms with Gasteiger partial charge in [0.2, 0.25) is 0 Å². The van der Waals surface area contributed by atoms with Gasteiger partial charge >= 0.3 is 0 Å². The van der Waals surface area contributed by atoms with Crippen LogP contribution in [-0.2, 0) is 4.74 Å². The van der Waals surface area contributed by atoms with Crippen molar-refractivity contribution in [1.82, 2.24) is 15.5 Å². The SMILES string of the molecule is CN=C(NCC(c1ccc(C)o1)N1CCOCC1)NCC1(Sc2ccccc2)CC1.I. The third kappa shape index (κ3) is 6.87. The monoisotopic (exact) mass is 556 g/mol. The van der Waals surface area contributed by atoms with Gasteiger partial charge < -0.3 is 19.8 Å². The highest BCUT2D eigenvalue weighted by Gasteiger charge is 2.43. The molecule has 0 spiro atoms. The van der Waals surface area contributed by atoms with Crippen molar-refractivity contribution in [1.29, 1.82) is 0 Å². The Balaban J connectivity index is 0.00000272. The first-order chi connectivity index (χ1) is 14.7. The highest BCUT2D eigenvalue weighted by Crippen LogP contribution is 2.51. The van der Waals surface area contributed by atoms with Crippen LogP contribution in [0.4, 0.5) is 0 Å². The van der Waals surface area contributed by atoms with Crippen molar-refractivity contribution in [3.8, 4) is 0 Å². The molecule has 2 N–H and O–H groups in total. The van der Waals surface area contributed by atoms with Gasteiger partial charge in [0.1, 0.15) is 11.5 Å². The molecule has 2 aliphatic rings. The summed E-state index contributed by atoms with van der Waals surface area (Å²) in [5, 5.41) is 7.08. The Morgan fingerprint density at radius 2 is 1.87 bits per heavy atom. The molecule has 170 valence electrons. The van der Waals surface area contributed by atoms with Gasteiger partial charge in [-0.25, -0.2) is 0 Å². The number of aliphatic imine (C=N–C) groups is 1. The lowest BCUT2D eigenvalue weighted by Crippen LogP contribution is -2.47. The predicted molar refractivity (Wildman–Crippen MR) is 138 cm³/mol. The van der Waals surface area contributed by atoms with Crippen LogP contribution in [0.2, 0.25) is 0 Å². The molecule has 1 aromatic heterocycles. The van der Waals surface area contributed by atoms with Crippen molar-refractivity contribution in [2.24, 2.45) is 4.99 Å². The van der Waals surface area contributed by atoms with Crippen LogP contribution >= 0.6 is 35.7 Å². The number of rotatable bonds is 8. The summed E-state index contributed by atoms with van der Waals surface area (Å²) in [6, 6.07) is 14.9. The summed E-state index contributed by atoms with van der Waals surface area (Å²) >= 11 is 1.97. The molecule has 1 saturated heterocycles. The van der Waals surface area contributed by atoms with E-state index in [0.29, 0.717) is 0 Å². The number of nitrogens with zero attached hydrogens (tertiary/aromatic N) is 2. The Morgan fingerprint density at radius 1 is 1.13 bits per heavy atom. The number of benzene rings is 1. The Bertz CT molecular complexity index is 835. The van der Waals surface area contributed by atoms with E-state index in [2.05, 4.69) is 56.9 Å². The number of ether oxygens (including phenoxy) is 1. The predicted octanol–water partition coefficient (Wildman–Crippen LogP) is 4.07. The molecule has 2 aromatic rings. The lowest BCUT2D eigenvalue weighted by atomic mass is 10.1. The molecule has 1 aliphatic heterocycles. The summed E-state index contributed by atoms with van der Waals surface area (Å²) < 4.78 is 11.8. The third-order valence-electron chi connectivity index (χ3n) is 5.73. The van der Waals surface area contributed by atoms with Crippen molar-refractivity contribution < 1.29 is 9.15 Å². The van der Waals surface area contributed by atoms with Crippen LogP contribution in [0.3, 0.4) is 0 Å². The molecule has 0 radical (unpaired) electrons. The molecule has 1 unspecified atom stereocenters. The number of hydrogen-bond donors (Lipinski definition) is 2. The van der Waals surface area contributed by atoms with Gasteiger partial charge in [0.15, 0.2) is 5.96 Å². The first-order valence-corrected chi connectivity index (χ1v) is 11.6.